The molecule has 1 atom stereocenters. The van der Waals surface area contributed by atoms with Gasteiger partial charge in [-0.25, -0.2) is 0 Å². The minimum Gasteiger partial charge on any atom is -0.465 e. The normalized spacial score (nSPS) is 12.3. The standard InChI is InChI=1S/C10H15BO4/c1-3-10(14-2)15-9-6-4-5-8(7-9)11(12)13/h4-7,10,12-13H,3H2,1-2H3. The summed E-state index contributed by atoms with van der Waals surface area (Å²) < 4.78 is 10.5. The summed E-state index contributed by atoms with van der Waals surface area (Å²) in [6.07, 6.45) is 0.415. The molecule has 1 aromatic carbocycles. The van der Waals surface area contributed by atoms with E-state index in [2.05, 4.69) is 0 Å². The third-order valence-electron chi connectivity index (χ3n) is 2.02. The summed E-state index contributed by atoms with van der Waals surface area (Å²) in [7, 11) is 0.0926. The van der Waals surface area contributed by atoms with E-state index < -0.39 is 7.12 Å². The predicted octanol–water partition coefficient (Wildman–Crippen LogP) is 0.128. The first-order chi connectivity index (χ1) is 7.17. The van der Waals surface area contributed by atoms with E-state index in [0.29, 0.717) is 11.2 Å². The second-order valence-electron chi connectivity index (χ2n) is 3.14. The Morgan fingerprint density at radius 3 is 2.67 bits per heavy atom. The van der Waals surface area contributed by atoms with Crippen molar-refractivity contribution in [3.05, 3.63) is 24.3 Å². The molecule has 0 aliphatic rings. The van der Waals surface area contributed by atoms with Gasteiger partial charge in [-0.05, 0) is 17.6 Å². The lowest BCUT2D eigenvalue weighted by molar-refractivity contribution is -0.0547. The third kappa shape index (κ3) is 3.55. The zero-order valence-corrected chi connectivity index (χ0v) is 8.88. The van der Waals surface area contributed by atoms with Crippen molar-refractivity contribution in [3.63, 3.8) is 0 Å². The molecule has 4 nitrogen and oxygen atoms in total. The summed E-state index contributed by atoms with van der Waals surface area (Å²) in [6.45, 7) is 1.94. The largest absolute Gasteiger partial charge is 0.488 e. The van der Waals surface area contributed by atoms with Gasteiger partial charge in [-0.3, -0.25) is 0 Å². The van der Waals surface area contributed by atoms with Gasteiger partial charge in [-0.2, -0.15) is 0 Å². The Kier molecular flexibility index (Phi) is 4.61. The van der Waals surface area contributed by atoms with E-state index in [1.165, 1.54) is 0 Å². The summed E-state index contributed by atoms with van der Waals surface area (Å²) in [5.74, 6) is 0.564. The second-order valence-corrected chi connectivity index (χ2v) is 3.14. The highest BCUT2D eigenvalue weighted by Gasteiger charge is 2.12. The van der Waals surface area contributed by atoms with Crippen LogP contribution in [0.25, 0.3) is 0 Å². The lowest BCUT2D eigenvalue weighted by Crippen LogP contribution is -2.30. The Labute approximate surface area is 89.6 Å². The average molecular weight is 210 g/mol. The molecule has 0 saturated carbocycles. The van der Waals surface area contributed by atoms with Crippen LogP contribution in [0.1, 0.15) is 13.3 Å². The summed E-state index contributed by atoms with van der Waals surface area (Å²) in [6, 6.07) is 6.64. The number of ether oxygens (including phenoxy) is 2. The molecule has 15 heavy (non-hydrogen) atoms. The SMILES string of the molecule is CCC(OC)Oc1cccc(B(O)O)c1. The molecule has 5 heteroatoms. The van der Waals surface area contributed by atoms with Crippen LogP contribution in [-0.4, -0.2) is 30.6 Å². The highest BCUT2D eigenvalue weighted by molar-refractivity contribution is 6.58. The van der Waals surface area contributed by atoms with Crippen molar-refractivity contribution >= 4 is 12.6 Å². The molecule has 2 N–H and O–H groups in total. The molecule has 1 aromatic rings. The highest BCUT2D eigenvalue weighted by Crippen LogP contribution is 2.11. The van der Waals surface area contributed by atoms with Gasteiger partial charge >= 0.3 is 7.12 Å². The summed E-state index contributed by atoms with van der Waals surface area (Å²) in [5.41, 5.74) is 0.401. The monoisotopic (exact) mass is 210 g/mol. The van der Waals surface area contributed by atoms with E-state index in [4.69, 9.17) is 19.5 Å². The predicted molar refractivity (Wildman–Crippen MR) is 58.0 cm³/mol. The van der Waals surface area contributed by atoms with Crippen LogP contribution >= 0.6 is 0 Å². The van der Waals surface area contributed by atoms with Gasteiger partial charge in [-0.15, -0.1) is 0 Å². The van der Waals surface area contributed by atoms with Gasteiger partial charge in [0.15, 0.2) is 6.29 Å². The summed E-state index contributed by atoms with van der Waals surface area (Å²) in [4.78, 5) is 0. The number of benzene rings is 1. The minimum atomic E-state index is -1.48. The fourth-order valence-electron chi connectivity index (χ4n) is 1.20. The maximum absolute atomic E-state index is 8.97. The smallest absolute Gasteiger partial charge is 0.465 e. The van der Waals surface area contributed by atoms with Crippen LogP contribution < -0.4 is 10.2 Å². The maximum atomic E-state index is 8.97. The average Bonchev–Trinajstić information content (AvgIpc) is 2.26. The summed E-state index contributed by atoms with van der Waals surface area (Å²) >= 11 is 0. The van der Waals surface area contributed by atoms with Gasteiger partial charge in [0.1, 0.15) is 5.75 Å². The van der Waals surface area contributed by atoms with Gasteiger partial charge in [0, 0.05) is 13.5 Å². The topological polar surface area (TPSA) is 58.9 Å². The van der Waals surface area contributed by atoms with Gasteiger partial charge in [0.2, 0.25) is 0 Å². The number of rotatable bonds is 5. The molecule has 82 valence electrons. The van der Waals surface area contributed by atoms with E-state index in [1.807, 2.05) is 6.92 Å². The lowest BCUT2D eigenvalue weighted by Gasteiger charge is -2.15. The van der Waals surface area contributed by atoms with E-state index in [-0.39, 0.29) is 6.29 Å². The Balaban J connectivity index is 2.72. The lowest BCUT2D eigenvalue weighted by atomic mass is 9.80. The first-order valence-electron chi connectivity index (χ1n) is 4.83. The van der Waals surface area contributed by atoms with E-state index in [1.54, 1.807) is 31.4 Å². The van der Waals surface area contributed by atoms with E-state index in [9.17, 15) is 0 Å². The Bertz CT molecular complexity index is 299. The van der Waals surface area contributed by atoms with Crippen molar-refractivity contribution in [2.45, 2.75) is 19.6 Å². The molecule has 0 aromatic heterocycles. The molecule has 0 aliphatic carbocycles. The van der Waals surface area contributed by atoms with Crippen LogP contribution in [0.2, 0.25) is 0 Å². The van der Waals surface area contributed by atoms with Crippen LogP contribution in [0.3, 0.4) is 0 Å². The van der Waals surface area contributed by atoms with Crippen LogP contribution in [-0.2, 0) is 4.74 Å². The molecule has 0 aliphatic heterocycles. The van der Waals surface area contributed by atoms with E-state index >= 15 is 0 Å². The van der Waals surface area contributed by atoms with Crippen molar-refractivity contribution in [3.8, 4) is 5.75 Å². The maximum Gasteiger partial charge on any atom is 0.488 e. The molecular formula is C10H15BO4. The Morgan fingerprint density at radius 1 is 1.40 bits per heavy atom. The molecule has 1 rings (SSSR count). The molecule has 0 saturated heterocycles. The zero-order chi connectivity index (χ0) is 11.3. The van der Waals surface area contributed by atoms with Gasteiger partial charge < -0.3 is 19.5 Å². The van der Waals surface area contributed by atoms with Crippen molar-refractivity contribution < 1.29 is 19.5 Å². The number of methoxy groups -OCH3 is 1. The zero-order valence-electron chi connectivity index (χ0n) is 8.88. The van der Waals surface area contributed by atoms with E-state index in [0.717, 1.165) is 6.42 Å². The number of hydrogen-bond donors (Lipinski definition) is 2. The minimum absolute atomic E-state index is 0.309. The first kappa shape index (κ1) is 12.0. The van der Waals surface area contributed by atoms with Gasteiger partial charge in [-0.1, -0.05) is 19.1 Å². The molecule has 0 radical (unpaired) electrons. The molecule has 0 amide bonds. The van der Waals surface area contributed by atoms with Crippen LogP contribution in [0, 0.1) is 0 Å². The molecule has 0 heterocycles. The molecule has 0 fully saturated rings. The molecule has 0 spiro atoms. The fourth-order valence-corrected chi connectivity index (χ4v) is 1.20. The highest BCUT2D eigenvalue weighted by atomic mass is 16.7. The summed E-state index contributed by atoms with van der Waals surface area (Å²) in [5, 5.41) is 17.9. The Hall–Kier alpha value is -1.04. The van der Waals surface area contributed by atoms with Crippen molar-refractivity contribution in [1.82, 2.24) is 0 Å². The van der Waals surface area contributed by atoms with Crippen molar-refractivity contribution in [1.29, 1.82) is 0 Å². The van der Waals surface area contributed by atoms with Crippen LogP contribution in [0.5, 0.6) is 5.75 Å². The molecular weight excluding hydrogens is 195 g/mol. The quantitative estimate of drug-likeness (QED) is 0.535. The van der Waals surface area contributed by atoms with Gasteiger partial charge in [0.25, 0.3) is 0 Å². The molecule has 0 bridgehead atoms. The van der Waals surface area contributed by atoms with Crippen molar-refractivity contribution in [2.75, 3.05) is 7.11 Å². The second kappa shape index (κ2) is 5.75. The third-order valence-corrected chi connectivity index (χ3v) is 2.02. The number of hydrogen-bond acceptors (Lipinski definition) is 4. The molecule has 1 unspecified atom stereocenters. The Morgan fingerprint density at radius 2 is 2.13 bits per heavy atom. The van der Waals surface area contributed by atoms with Crippen LogP contribution in [0.4, 0.5) is 0 Å². The first-order valence-corrected chi connectivity index (χ1v) is 4.83. The van der Waals surface area contributed by atoms with Crippen molar-refractivity contribution in [2.24, 2.45) is 0 Å². The van der Waals surface area contributed by atoms with Crippen LogP contribution in [0.15, 0.2) is 24.3 Å². The van der Waals surface area contributed by atoms with Gasteiger partial charge in [0.05, 0.1) is 0 Å². The fraction of sp³-hybridized carbons (Fsp3) is 0.400.